The Hall–Kier alpha value is -3.82. The average molecular weight is 413 g/mol. The fourth-order valence-electron chi connectivity index (χ4n) is 3.68. The number of rotatable bonds is 6. The molecule has 1 aromatic carbocycles. The summed E-state index contributed by atoms with van der Waals surface area (Å²) in [6, 6.07) is 3.46. The molecule has 30 heavy (non-hydrogen) atoms. The van der Waals surface area contributed by atoms with Gasteiger partial charge in [0.05, 0.1) is 57.0 Å². The van der Waals surface area contributed by atoms with Gasteiger partial charge in [-0.2, -0.15) is 9.97 Å². The van der Waals surface area contributed by atoms with Gasteiger partial charge in [0.15, 0.2) is 17.8 Å². The number of methoxy groups -OCH3 is 4. The van der Waals surface area contributed by atoms with Crippen LogP contribution >= 0.6 is 0 Å². The standard InChI is InChI=1S/C20H19N3O7/c1-26-12-5-9(6-13(27-2)18(12)28-3)14-15-11(8-30-19(15)25)21-16-10(7-24)22-20(29-4)23-17(14)16/h5-7,14,21H,8H2,1-4H3. The molecule has 10 nitrogen and oxygen atoms in total. The van der Waals surface area contributed by atoms with E-state index in [1.165, 1.54) is 28.4 Å². The Kier molecular flexibility index (Phi) is 4.90. The van der Waals surface area contributed by atoms with E-state index in [-0.39, 0.29) is 18.3 Å². The van der Waals surface area contributed by atoms with Crippen molar-refractivity contribution < 1.29 is 33.3 Å². The fraction of sp³-hybridized carbons (Fsp3) is 0.300. The summed E-state index contributed by atoms with van der Waals surface area (Å²) in [6.07, 6.45) is 0.603. The Morgan fingerprint density at radius 3 is 2.33 bits per heavy atom. The minimum Gasteiger partial charge on any atom is -0.493 e. The minimum atomic E-state index is -0.671. The van der Waals surface area contributed by atoms with Crippen LogP contribution in [0.3, 0.4) is 0 Å². The Labute approximate surface area is 171 Å². The van der Waals surface area contributed by atoms with Crippen LogP contribution < -0.4 is 24.3 Å². The van der Waals surface area contributed by atoms with Crippen LogP contribution in [0.1, 0.15) is 27.7 Å². The molecule has 0 saturated heterocycles. The maximum Gasteiger partial charge on any atom is 0.337 e. The molecule has 156 valence electrons. The summed E-state index contributed by atoms with van der Waals surface area (Å²) in [5, 5.41) is 3.07. The van der Waals surface area contributed by atoms with Gasteiger partial charge in [-0.1, -0.05) is 0 Å². The van der Waals surface area contributed by atoms with Crippen molar-refractivity contribution in [2.75, 3.05) is 40.4 Å². The SMILES string of the molecule is COc1nc(C=O)c2c(n1)C(c1cc(OC)c(OC)c(OC)c1)C1=C(COC1=O)N2. The molecule has 3 heterocycles. The molecule has 1 aromatic heterocycles. The zero-order valence-corrected chi connectivity index (χ0v) is 16.8. The number of nitrogens with zero attached hydrogens (tertiary/aromatic N) is 2. The number of benzene rings is 1. The quantitative estimate of drug-likeness (QED) is 0.554. The molecule has 0 radical (unpaired) electrons. The number of carbonyl (C=O) groups is 2. The summed E-state index contributed by atoms with van der Waals surface area (Å²) >= 11 is 0. The first-order chi connectivity index (χ1) is 14.6. The predicted octanol–water partition coefficient (Wildman–Crippen LogP) is 1.69. The van der Waals surface area contributed by atoms with Crippen molar-refractivity contribution in [3.8, 4) is 23.3 Å². The van der Waals surface area contributed by atoms with Gasteiger partial charge in [0, 0.05) is 0 Å². The number of nitrogens with one attached hydrogen (secondary N) is 1. The van der Waals surface area contributed by atoms with Gasteiger partial charge in [0.1, 0.15) is 12.3 Å². The van der Waals surface area contributed by atoms with Crippen molar-refractivity contribution in [1.29, 1.82) is 0 Å². The van der Waals surface area contributed by atoms with E-state index >= 15 is 0 Å². The molecule has 0 amide bonds. The van der Waals surface area contributed by atoms with Crippen LogP contribution in [-0.4, -0.2) is 57.3 Å². The Balaban J connectivity index is 2.01. The lowest BCUT2D eigenvalue weighted by Gasteiger charge is -2.27. The first-order valence-corrected chi connectivity index (χ1v) is 8.94. The Morgan fingerprint density at radius 1 is 1.07 bits per heavy atom. The molecular formula is C20H19N3O7. The number of anilines is 1. The van der Waals surface area contributed by atoms with Gasteiger partial charge in [-0.05, 0) is 17.7 Å². The van der Waals surface area contributed by atoms with E-state index < -0.39 is 11.9 Å². The van der Waals surface area contributed by atoms with Crippen LogP contribution in [0.15, 0.2) is 23.4 Å². The van der Waals surface area contributed by atoms with Crippen molar-refractivity contribution in [3.05, 3.63) is 40.4 Å². The molecule has 2 aromatic rings. The third-order valence-electron chi connectivity index (χ3n) is 4.99. The number of hydrogen-bond donors (Lipinski definition) is 1. The predicted molar refractivity (Wildman–Crippen MR) is 104 cm³/mol. The molecule has 1 atom stereocenters. The van der Waals surface area contributed by atoms with Gasteiger partial charge in [-0.3, -0.25) is 4.79 Å². The smallest absolute Gasteiger partial charge is 0.337 e. The number of ether oxygens (including phenoxy) is 5. The van der Waals surface area contributed by atoms with Crippen molar-refractivity contribution in [3.63, 3.8) is 0 Å². The van der Waals surface area contributed by atoms with Crippen molar-refractivity contribution in [2.24, 2.45) is 0 Å². The van der Waals surface area contributed by atoms with Crippen molar-refractivity contribution in [1.82, 2.24) is 9.97 Å². The lowest BCUT2D eigenvalue weighted by atomic mass is 9.83. The van der Waals surface area contributed by atoms with E-state index in [1.54, 1.807) is 12.1 Å². The Morgan fingerprint density at radius 2 is 1.77 bits per heavy atom. The van der Waals surface area contributed by atoms with Gasteiger partial charge < -0.3 is 29.0 Å². The molecule has 2 aliphatic heterocycles. The number of esters is 1. The van der Waals surface area contributed by atoms with Crippen LogP contribution in [0.25, 0.3) is 0 Å². The van der Waals surface area contributed by atoms with Crippen LogP contribution in [-0.2, 0) is 9.53 Å². The zero-order valence-electron chi connectivity index (χ0n) is 16.8. The molecule has 1 N–H and O–H groups in total. The third kappa shape index (κ3) is 2.88. The highest BCUT2D eigenvalue weighted by atomic mass is 16.5. The largest absolute Gasteiger partial charge is 0.493 e. The maximum absolute atomic E-state index is 12.6. The fourth-order valence-corrected chi connectivity index (χ4v) is 3.68. The van der Waals surface area contributed by atoms with E-state index in [0.717, 1.165) is 0 Å². The first-order valence-electron chi connectivity index (χ1n) is 8.94. The minimum absolute atomic E-state index is 0.00510. The van der Waals surface area contributed by atoms with E-state index in [2.05, 4.69) is 15.3 Å². The highest BCUT2D eigenvalue weighted by molar-refractivity contribution is 5.98. The second-order valence-corrected chi connectivity index (χ2v) is 6.46. The topological polar surface area (TPSA) is 118 Å². The monoisotopic (exact) mass is 413 g/mol. The zero-order chi connectivity index (χ0) is 21.4. The molecule has 10 heteroatoms. The molecule has 4 rings (SSSR count). The van der Waals surface area contributed by atoms with E-state index in [0.29, 0.717) is 51.7 Å². The van der Waals surface area contributed by atoms with E-state index in [4.69, 9.17) is 23.7 Å². The van der Waals surface area contributed by atoms with E-state index in [1.807, 2.05) is 0 Å². The molecule has 0 saturated carbocycles. The molecule has 0 aliphatic carbocycles. The van der Waals surface area contributed by atoms with E-state index in [9.17, 15) is 9.59 Å². The highest BCUT2D eigenvalue weighted by Crippen LogP contribution is 2.48. The summed E-state index contributed by atoms with van der Waals surface area (Å²) in [4.78, 5) is 32.8. The number of aromatic nitrogens is 2. The normalized spacial score (nSPS) is 16.8. The van der Waals surface area contributed by atoms with Gasteiger partial charge >= 0.3 is 12.0 Å². The molecule has 1 unspecified atom stereocenters. The van der Waals surface area contributed by atoms with Crippen LogP contribution in [0.5, 0.6) is 23.3 Å². The van der Waals surface area contributed by atoms with Gasteiger partial charge in [0.2, 0.25) is 5.75 Å². The second kappa shape index (κ2) is 7.54. The number of hydrogen-bond acceptors (Lipinski definition) is 10. The molecule has 0 spiro atoms. The van der Waals surface area contributed by atoms with Crippen molar-refractivity contribution >= 4 is 17.9 Å². The second-order valence-electron chi connectivity index (χ2n) is 6.46. The lowest BCUT2D eigenvalue weighted by molar-refractivity contribution is -0.136. The summed E-state index contributed by atoms with van der Waals surface area (Å²) in [5.41, 5.74) is 2.46. The molecule has 2 aliphatic rings. The number of fused-ring (bicyclic) bond motifs is 1. The molecule has 0 bridgehead atoms. The van der Waals surface area contributed by atoms with Crippen LogP contribution in [0.4, 0.5) is 5.69 Å². The van der Waals surface area contributed by atoms with Gasteiger partial charge in [0.25, 0.3) is 0 Å². The first kappa shape index (κ1) is 19.5. The molecule has 0 fully saturated rings. The number of cyclic esters (lactones) is 1. The molecular weight excluding hydrogens is 394 g/mol. The van der Waals surface area contributed by atoms with Gasteiger partial charge in [-0.15, -0.1) is 0 Å². The van der Waals surface area contributed by atoms with Crippen LogP contribution in [0, 0.1) is 0 Å². The highest BCUT2D eigenvalue weighted by Gasteiger charge is 2.41. The van der Waals surface area contributed by atoms with Crippen molar-refractivity contribution in [2.45, 2.75) is 5.92 Å². The summed E-state index contributed by atoms with van der Waals surface area (Å²) in [5.74, 6) is 0.0896. The average Bonchev–Trinajstić information content (AvgIpc) is 3.15. The summed E-state index contributed by atoms with van der Waals surface area (Å²) in [6.45, 7) is 0.0544. The third-order valence-corrected chi connectivity index (χ3v) is 4.99. The number of carbonyl (C=O) groups excluding carboxylic acids is 2. The number of aldehydes is 1. The van der Waals surface area contributed by atoms with Gasteiger partial charge in [-0.25, -0.2) is 4.79 Å². The lowest BCUT2D eigenvalue weighted by Crippen LogP contribution is -2.23. The summed E-state index contributed by atoms with van der Waals surface area (Å²) < 4.78 is 26.7. The van der Waals surface area contributed by atoms with Crippen LogP contribution in [0.2, 0.25) is 0 Å². The maximum atomic E-state index is 12.6. The summed E-state index contributed by atoms with van der Waals surface area (Å²) in [7, 11) is 5.90. The Bertz CT molecular complexity index is 1060.